The minimum Gasteiger partial charge on any atom is -0.460 e. The Morgan fingerprint density at radius 3 is 2.16 bits per heavy atom. The summed E-state index contributed by atoms with van der Waals surface area (Å²) >= 11 is 0. The lowest BCUT2D eigenvalue weighted by Gasteiger charge is -2.08. The molecule has 0 spiro atoms. The average molecular weight is 351 g/mol. The van der Waals surface area contributed by atoms with Gasteiger partial charge in [-0.3, -0.25) is 9.59 Å². The van der Waals surface area contributed by atoms with Crippen LogP contribution in [-0.2, 0) is 33.5 Å². The molecule has 0 aliphatic carbocycles. The van der Waals surface area contributed by atoms with E-state index < -0.39 is 23.6 Å². The summed E-state index contributed by atoms with van der Waals surface area (Å²) in [6.07, 6.45) is -4.53. The molecule has 7 heteroatoms. The van der Waals surface area contributed by atoms with Gasteiger partial charge in [-0.1, -0.05) is 42.5 Å². The van der Waals surface area contributed by atoms with Crippen LogP contribution >= 0.6 is 0 Å². The molecule has 2 rings (SSSR count). The zero-order valence-electron chi connectivity index (χ0n) is 13.2. The summed E-state index contributed by atoms with van der Waals surface area (Å²) in [6, 6.07) is 13.4. The van der Waals surface area contributed by atoms with E-state index in [0.29, 0.717) is 5.56 Å². The maximum atomic E-state index is 12.5. The summed E-state index contributed by atoms with van der Waals surface area (Å²) in [5.41, 5.74) is 0.469. The van der Waals surface area contributed by atoms with Crippen LogP contribution in [0.25, 0.3) is 0 Å². The van der Waals surface area contributed by atoms with E-state index in [4.69, 9.17) is 4.74 Å². The zero-order chi connectivity index (χ0) is 18.3. The average Bonchev–Trinajstić information content (AvgIpc) is 2.59. The molecule has 4 nitrogen and oxygen atoms in total. The highest BCUT2D eigenvalue weighted by Gasteiger charge is 2.29. The number of carbonyl (C=O) groups excluding carboxylic acids is 2. The van der Waals surface area contributed by atoms with Gasteiger partial charge in [0.15, 0.2) is 0 Å². The van der Waals surface area contributed by atoms with Crippen LogP contribution in [-0.4, -0.2) is 18.4 Å². The summed E-state index contributed by atoms with van der Waals surface area (Å²) in [5.74, 6) is -1.07. The molecule has 25 heavy (non-hydrogen) atoms. The van der Waals surface area contributed by atoms with Crippen molar-refractivity contribution in [1.82, 2.24) is 5.32 Å². The molecule has 0 bridgehead atoms. The van der Waals surface area contributed by atoms with Crippen LogP contribution in [0, 0.1) is 0 Å². The molecular weight excluding hydrogens is 335 g/mol. The van der Waals surface area contributed by atoms with Gasteiger partial charge in [-0.2, -0.15) is 13.2 Å². The number of hydrogen-bond donors (Lipinski definition) is 1. The van der Waals surface area contributed by atoms with Crippen LogP contribution in [0.2, 0.25) is 0 Å². The number of halogens is 3. The van der Waals surface area contributed by atoms with Gasteiger partial charge in [-0.25, -0.2) is 0 Å². The molecule has 1 amide bonds. The molecule has 0 saturated heterocycles. The van der Waals surface area contributed by atoms with Crippen molar-refractivity contribution in [2.24, 2.45) is 0 Å². The van der Waals surface area contributed by atoms with E-state index in [2.05, 4.69) is 5.32 Å². The second-order valence-corrected chi connectivity index (χ2v) is 5.29. The smallest absolute Gasteiger partial charge is 0.416 e. The number of benzene rings is 2. The molecule has 0 unspecified atom stereocenters. The van der Waals surface area contributed by atoms with Crippen molar-refractivity contribution >= 4 is 11.9 Å². The third-order valence-electron chi connectivity index (χ3n) is 3.32. The number of esters is 1. The lowest BCUT2D eigenvalue weighted by atomic mass is 10.1. The highest BCUT2D eigenvalue weighted by molar-refractivity contribution is 5.83. The minimum atomic E-state index is -4.41. The van der Waals surface area contributed by atoms with Crippen molar-refractivity contribution in [3.63, 3.8) is 0 Å². The normalized spacial score (nSPS) is 11.0. The van der Waals surface area contributed by atoms with Crippen molar-refractivity contribution in [3.8, 4) is 0 Å². The molecule has 0 aliphatic rings. The quantitative estimate of drug-likeness (QED) is 0.814. The first kappa shape index (κ1) is 18.5. The largest absolute Gasteiger partial charge is 0.460 e. The van der Waals surface area contributed by atoms with Crippen LogP contribution in [0.3, 0.4) is 0 Å². The van der Waals surface area contributed by atoms with Gasteiger partial charge < -0.3 is 10.1 Å². The van der Waals surface area contributed by atoms with E-state index >= 15 is 0 Å². The molecule has 0 saturated carbocycles. The molecule has 0 radical (unpaired) electrons. The fourth-order valence-corrected chi connectivity index (χ4v) is 2.02. The molecule has 0 atom stereocenters. The Morgan fingerprint density at radius 2 is 1.56 bits per heavy atom. The summed E-state index contributed by atoms with van der Waals surface area (Å²) in [6.45, 7) is -0.194. The monoisotopic (exact) mass is 351 g/mol. The third kappa shape index (κ3) is 6.29. The maximum Gasteiger partial charge on any atom is 0.416 e. The zero-order valence-corrected chi connectivity index (χ0v) is 13.2. The summed E-state index contributed by atoms with van der Waals surface area (Å²) < 4.78 is 42.4. The summed E-state index contributed by atoms with van der Waals surface area (Å²) in [5, 5.41) is 2.38. The first-order valence-electron chi connectivity index (χ1n) is 7.47. The molecule has 0 aromatic heterocycles. The lowest BCUT2D eigenvalue weighted by Crippen LogP contribution is -2.31. The number of alkyl halides is 3. The van der Waals surface area contributed by atoms with Gasteiger partial charge in [0, 0.05) is 0 Å². The van der Waals surface area contributed by atoms with Gasteiger partial charge in [0.05, 0.1) is 12.0 Å². The van der Waals surface area contributed by atoms with Crippen molar-refractivity contribution in [2.75, 3.05) is 6.54 Å². The number of carbonyl (C=O) groups is 2. The molecule has 2 aromatic rings. The molecule has 132 valence electrons. The van der Waals surface area contributed by atoms with Crippen molar-refractivity contribution in [1.29, 1.82) is 0 Å². The second kappa shape index (κ2) is 8.32. The number of nitrogens with one attached hydrogen (secondary N) is 1. The van der Waals surface area contributed by atoms with Crippen LogP contribution in [0.15, 0.2) is 54.6 Å². The number of hydrogen-bond acceptors (Lipinski definition) is 3. The van der Waals surface area contributed by atoms with Gasteiger partial charge >= 0.3 is 12.1 Å². The number of ether oxygens (including phenoxy) is 1. The summed E-state index contributed by atoms with van der Waals surface area (Å²) in [4.78, 5) is 23.3. The van der Waals surface area contributed by atoms with Gasteiger partial charge in [0.2, 0.25) is 5.91 Å². The predicted octanol–water partition coefficient (Wildman–Crippen LogP) is 3.11. The highest BCUT2D eigenvalue weighted by atomic mass is 19.4. The van der Waals surface area contributed by atoms with E-state index in [1.54, 1.807) is 12.1 Å². The Balaban J connectivity index is 1.74. The fraction of sp³-hybridized carbons (Fsp3) is 0.222. The van der Waals surface area contributed by atoms with E-state index in [9.17, 15) is 22.8 Å². The number of amides is 1. The van der Waals surface area contributed by atoms with Crippen LogP contribution in [0.4, 0.5) is 13.2 Å². The first-order valence-corrected chi connectivity index (χ1v) is 7.47. The van der Waals surface area contributed by atoms with E-state index in [1.807, 2.05) is 18.2 Å². The molecule has 0 aliphatic heterocycles. The molecule has 1 N–H and O–H groups in total. The van der Waals surface area contributed by atoms with Gasteiger partial charge in [-0.15, -0.1) is 0 Å². The minimum absolute atomic E-state index is 0.106. The highest BCUT2D eigenvalue weighted by Crippen LogP contribution is 2.29. The van der Waals surface area contributed by atoms with Crippen molar-refractivity contribution < 1.29 is 27.5 Å². The van der Waals surface area contributed by atoms with Gasteiger partial charge in [0.1, 0.15) is 13.2 Å². The first-order chi connectivity index (χ1) is 11.8. The molecule has 2 aromatic carbocycles. The standard InChI is InChI=1S/C18H16F3NO3/c19-18(20,21)15-8-6-13(7-9-15)10-16(23)22-11-17(24)25-12-14-4-2-1-3-5-14/h1-9H,10-12H2,(H,22,23). The lowest BCUT2D eigenvalue weighted by molar-refractivity contribution is -0.145. The van der Waals surface area contributed by atoms with E-state index in [1.165, 1.54) is 12.1 Å². The summed E-state index contributed by atoms with van der Waals surface area (Å²) in [7, 11) is 0. The topological polar surface area (TPSA) is 55.4 Å². The van der Waals surface area contributed by atoms with Crippen molar-refractivity contribution in [3.05, 3.63) is 71.3 Å². The predicted molar refractivity (Wildman–Crippen MR) is 84.4 cm³/mol. The molecule has 0 heterocycles. The second-order valence-electron chi connectivity index (χ2n) is 5.29. The third-order valence-corrected chi connectivity index (χ3v) is 3.32. The Kier molecular flexibility index (Phi) is 6.16. The Hall–Kier alpha value is -2.83. The van der Waals surface area contributed by atoms with Crippen LogP contribution in [0.1, 0.15) is 16.7 Å². The van der Waals surface area contributed by atoms with Crippen molar-refractivity contribution in [2.45, 2.75) is 19.2 Å². The molecular formula is C18H16F3NO3. The number of rotatable bonds is 6. The van der Waals surface area contributed by atoms with E-state index in [0.717, 1.165) is 17.7 Å². The fourth-order valence-electron chi connectivity index (χ4n) is 2.02. The SMILES string of the molecule is O=C(Cc1ccc(C(F)(F)F)cc1)NCC(=O)OCc1ccccc1. The Bertz CT molecular complexity index is 713. The molecule has 0 fully saturated rings. The van der Waals surface area contributed by atoms with Gasteiger partial charge in [0.25, 0.3) is 0 Å². The Labute approximate surface area is 142 Å². The van der Waals surface area contributed by atoms with Crippen LogP contribution in [0.5, 0.6) is 0 Å². The van der Waals surface area contributed by atoms with Gasteiger partial charge in [-0.05, 0) is 23.3 Å². The van der Waals surface area contributed by atoms with Crippen LogP contribution < -0.4 is 5.32 Å². The maximum absolute atomic E-state index is 12.5. The Morgan fingerprint density at radius 1 is 0.920 bits per heavy atom. The van der Waals surface area contributed by atoms with E-state index in [-0.39, 0.29) is 19.6 Å².